The van der Waals surface area contributed by atoms with Crippen LogP contribution in [0.15, 0.2) is 60.8 Å². The maximum absolute atomic E-state index is 6.08. The van der Waals surface area contributed by atoms with Crippen LogP contribution in [0, 0.1) is 0 Å². The average molecular weight is 265 g/mol. The van der Waals surface area contributed by atoms with E-state index in [9.17, 15) is 0 Å². The van der Waals surface area contributed by atoms with Gasteiger partial charge < -0.3 is 10.5 Å². The van der Waals surface area contributed by atoms with Crippen LogP contribution in [0.2, 0.25) is 0 Å². The third-order valence-electron chi connectivity index (χ3n) is 3.11. The minimum Gasteiger partial charge on any atom is -0.497 e. The van der Waals surface area contributed by atoms with E-state index < -0.39 is 0 Å². The van der Waals surface area contributed by atoms with Crippen LogP contribution in [-0.2, 0) is 0 Å². The first kappa shape index (κ1) is 12.3. The van der Waals surface area contributed by atoms with Crippen LogP contribution in [-0.4, -0.2) is 16.9 Å². The van der Waals surface area contributed by atoms with Crippen molar-refractivity contribution in [1.82, 2.24) is 9.78 Å². The molecule has 20 heavy (non-hydrogen) atoms. The van der Waals surface area contributed by atoms with Crippen molar-refractivity contribution in [3.05, 3.63) is 60.8 Å². The van der Waals surface area contributed by atoms with Crippen LogP contribution >= 0.6 is 0 Å². The summed E-state index contributed by atoms with van der Waals surface area (Å²) in [7, 11) is 1.64. The summed E-state index contributed by atoms with van der Waals surface area (Å²) in [6, 6.07) is 17.6. The van der Waals surface area contributed by atoms with E-state index in [2.05, 4.69) is 5.10 Å². The van der Waals surface area contributed by atoms with Gasteiger partial charge in [0.2, 0.25) is 0 Å². The molecule has 0 aliphatic rings. The van der Waals surface area contributed by atoms with E-state index in [1.807, 2.05) is 60.8 Å². The quantitative estimate of drug-likeness (QED) is 0.791. The molecule has 0 aliphatic heterocycles. The van der Waals surface area contributed by atoms with Gasteiger partial charge in [0, 0.05) is 5.56 Å². The van der Waals surface area contributed by atoms with E-state index in [1.54, 1.807) is 11.8 Å². The first-order valence-electron chi connectivity index (χ1n) is 6.33. The highest BCUT2D eigenvalue weighted by Crippen LogP contribution is 2.28. The van der Waals surface area contributed by atoms with Crippen LogP contribution in [0.1, 0.15) is 0 Å². The van der Waals surface area contributed by atoms with Crippen molar-refractivity contribution < 1.29 is 4.74 Å². The van der Waals surface area contributed by atoms with Gasteiger partial charge in [-0.15, -0.1) is 0 Å². The van der Waals surface area contributed by atoms with Crippen molar-refractivity contribution in [3.8, 4) is 22.7 Å². The van der Waals surface area contributed by atoms with Gasteiger partial charge in [0.25, 0.3) is 0 Å². The average Bonchev–Trinajstić information content (AvgIpc) is 2.90. The van der Waals surface area contributed by atoms with Gasteiger partial charge in [-0.2, -0.15) is 5.10 Å². The number of aromatic nitrogens is 2. The summed E-state index contributed by atoms with van der Waals surface area (Å²) in [5, 5.41) is 4.56. The third kappa shape index (κ3) is 2.23. The second-order valence-corrected chi connectivity index (χ2v) is 4.45. The molecule has 3 rings (SSSR count). The fraction of sp³-hybridized carbons (Fsp3) is 0.0625. The second kappa shape index (κ2) is 5.09. The van der Waals surface area contributed by atoms with Crippen LogP contribution in [0.3, 0.4) is 0 Å². The molecule has 1 heterocycles. The molecule has 0 aliphatic carbocycles. The summed E-state index contributed by atoms with van der Waals surface area (Å²) in [5.74, 6) is 0.788. The van der Waals surface area contributed by atoms with Crippen molar-refractivity contribution in [2.45, 2.75) is 0 Å². The molecule has 0 bridgehead atoms. The predicted molar refractivity (Wildman–Crippen MR) is 80.0 cm³/mol. The standard InChI is InChI=1S/C16H15N3O/c1-20-14-9-5-6-12(10-14)16-15(17)11-19(18-16)13-7-3-2-4-8-13/h2-11H,17H2,1H3. The molecule has 0 atom stereocenters. The monoisotopic (exact) mass is 265 g/mol. The Morgan fingerprint density at radius 3 is 2.60 bits per heavy atom. The zero-order chi connectivity index (χ0) is 13.9. The lowest BCUT2D eigenvalue weighted by Crippen LogP contribution is -1.94. The lowest BCUT2D eigenvalue weighted by Gasteiger charge is -2.03. The molecular weight excluding hydrogens is 250 g/mol. The predicted octanol–water partition coefficient (Wildman–Crippen LogP) is 3.13. The Balaban J connectivity index is 2.05. The molecule has 0 saturated carbocycles. The number of anilines is 1. The van der Waals surface area contributed by atoms with Gasteiger partial charge in [-0.05, 0) is 24.3 Å². The van der Waals surface area contributed by atoms with E-state index >= 15 is 0 Å². The highest BCUT2D eigenvalue weighted by atomic mass is 16.5. The Bertz CT molecular complexity index is 720. The first-order valence-corrected chi connectivity index (χ1v) is 6.33. The molecule has 4 heteroatoms. The smallest absolute Gasteiger partial charge is 0.119 e. The van der Waals surface area contributed by atoms with E-state index in [4.69, 9.17) is 10.5 Å². The summed E-state index contributed by atoms with van der Waals surface area (Å²) in [5.41, 5.74) is 9.40. The van der Waals surface area contributed by atoms with Gasteiger partial charge in [-0.1, -0.05) is 30.3 Å². The molecular formula is C16H15N3O. The van der Waals surface area contributed by atoms with Gasteiger partial charge in [0.05, 0.1) is 24.7 Å². The number of hydrogen-bond donors (Lipinski definition) is 1. The minimum atomic E-state index is 0.641. The largest absolute Gasteiger partial charge is 0.497 e. The zero-order valence-corrected chi connectivity index (χ0v) is 11.2. The summed E-state index contributed by atoms with van der Waals surface area (Å²) >= 11 is 0. The van der Waals surface area contributed by atoms with Gasteiger partial charge in [0.15, 0.2) is 0 Å². The van der Waals surface area contributed by atoms with E-state index in [1.165, 1.54) is 0 Å². The number of ether oxygens (including phenoxy) is 1. The highest BCUT2D eigenvalue weighted by molar-refractivity contribution is 5.73. The molecule has 0 amide bonds. The number of rotatable bonds is 3. The van der Waals surface area contributed by atoms with Crippen LogP contribution < -0.4 is 10.5 Å². The SMILES string of the molecule is COc1cccc(-c2nn(-c3ccccc3)cc2N)c1. The summed E-state index contributed by atoms with van der Waals surface area (Å²) < 4.78 is 7.01. The first-order chi connectivity index (χ1) is 9.78. The molecule has 4 nitrogen and oxygen atoms in total. The normalized spacial score (nSPS) is 10.4. The van der Waals surface area contributed by atoms with E-state index in [0.717, 1.165) is 22.7 Å². The molecule has 0 radical (unpaired) electrons. The fourth-order valence-electron chi connectivity index (χ4n) is 2.09. The van der Waals surface area contributed by atoms with Gasteiger partial charge in [-0.25, -0.2) is 4.68 Å². The second-order valence-electron chi connectivity index (χ2n) is 4.45. The maximum atomic E-state index is 6.08. The molecule has 0 fully saturated rings. The minimum absolute atomic E-state index is 0.641. The Morgan fingerprint density at radius 1 is 1.05 bits per heavy atom. The Morgan fingerprint density at radius 2 is 1.85 bits per heavy atom. The van der Waals surface area contributed by atoms with Crippen molar-refractivity contribution in [2.75, 3.05) is 12.8 Å². The number of nitrogen functional groups attached to an aromatic ring is 1. The maximum Gasteiger partial charge on any atom is 0.119 e. The Hall–Kier alpha value is -2.75. The molecule has 0 spiro atoms. The lowest BCUT2D eigenvalue weighted by atomic mass is 10.1. The summed E-state index contributed by atoms with van der Waals surface area (Å²) in [6.07, 6.45) is 1.82. The topological polar surface area (TPSA) is 53.1 Å². The Kier molecular flexibility index (Phi) is 3.13. The molecule has 0 saturated heterocycles. The van der Waals surface area contributed by atoms with Gasteiger partial charge >= 0.3 is 0 Å². The van der Waals surface area contributed by atoms with Crippen molar-refractivity contribution in [3.63, 3.8) is 0 Å². The van der Waals surface area contributed by atoms with Crippen LogP contribution in [0.5, 0.6) is 5.75 Å². The number of methoxy groups -OCH3 is 1. The highest BCUT2D eigenvalue weighted by Gasteiger charge is 2.10. The fourth-order valence-corrected chi connectivity index (χ4v) is 2.09. The van der Waals surface area contributed by atoms with Crippen molar-refractivity contribution in [2.24, 2.45) is 0 Å². The summed E-state index contributed by atoms with van der Waals surface area (Å²) in [6.45, 7) is 0. The number of para-hydroxylation sites is 1. The van der Waals surface area contributed by atoms with Crippen molar-refractivity contribution in [1.29, 1.82) is 0 Å². The van der Waals surface area contributed by atoms with Crippen LogP contribution in [0.4, 0.5) is 5.69 Å². The molecule has 1 aromatic heterocycles. The molecule has 2 N–H and O–H groups in total. The molecule has 2 aromatic carbocycles. The number of benzene rings is 2. The molecule has 3 aromatic rings. The lowest BCUT2D eigenvalue weighted by molar-refractivity contribution is 0.415. The van der Waals surface area contributed by atoms with E-state index in [-0.39, 0.29) is 0 Å². The van der Waals surface area contributed by atoms with Gasteiger partial charge in [-0.3, -0.25) is 0 Å². The number of hydrogen-bond acceptors (Lipinski definition) is 3. The zero-order valence-electron chi connectivity index (χ0n) is 11.2. The third-order valence-corrected chi connectivity index (χ3v) is 3.11. The summed E-state index contributed by atoms with van der Waals surface area (Å²) in [4.78, 5) is 0. The van der Waals surface area contributed by atoms with Gasteiger partial charge in [0.1, 0.15) is 11.4 Å². The number of nitrogens with two attached hydrogens (primary N) is 1. The van der Waals surface area contributed by atoms with E-state index in [0.29, 0.717) is 5.69 Å². The molecule has 100 valence electrons. The Labute approximate surface area is 117 Å². The van der Waals surface area contributed by atoms with Crippen molar-refractivity contribution >= 4 is 5.69 Å². The van der Waals surface area contributed by atoms with Crippen LogP contribution in [0.25, 0.3) is 16.9 Å². The molecule has 0 unspecified atom stereocenters. The number of nitrogens with zero attached hydrogens (tertiary/aromatic N) is 2.